The molecular formula is C16H17N3O. The van der Waals surface area contributed by atoms with Gasteiger partial charge in [0.2, 0.25) is 5.91 Å². The number of aromatic nitrogens is 1. The molecule has 2 rings (SSSR count). The number of hydrogen-bond donors (Lipinski definition) is 1. The maximum Gasteiger partial charge on any atom is 0.240 e. The molecule has 0 fully saturated rings. The average molecular weight is 267 g/mol. The van der Waals surface area contributed by atoms with E-state index in [-0.39, 0.29) is 5.91 Å². The summed E-state index contributed by atoms with van der Waals surface area (Å²) in [6.45, 7) is 1.82. The fraction of sp³-hybridized carbons (Fsp3) is 0.188. The predicted molar refractivity (Wildman–Crippen MR) is 79.4 cm³/mol. The van der Waals surface area contributed by atoms with E-state index in [9.17, 15) is 4.79 Å². The Kier molecular flexibility index (Phi) is 5.00. The number of nitrogens with zero attached hydrogens (tertiary/aromatic N) is 2. The summed E-state index contributed by atoms with van der Waals surface area (Å²) in [6.07, 6.45) is 2.83. The van der Waals surface area contributed by atoms with Crippen LogP contribution in [0.2, 0.25) is 0 Å². The Balaban J connectivity index is 1.83. The molecule has 0 bridgehead atoms. The Morgan fingerprint density at radius 3 is 2.60 bits per heavy atom. The lowest BCUT2D eigenvalue weighted by atomic mass is 10.1. The molecule has 1 amide bonds. The van der Waals surface area contributed by atoms with Crippen LogP contribution in [0.5, 0.6) is 0 Å². The van der Waals surface area contributed by atoms with Gasteiger partial charge in [-0.1, -0.05) is 36.4 Å². The lowest BCUT2D eigenvalue weighted by molar-refractivity contribution is -0.121. The zero-order valence-corrected chi connectivity index (χ0v) is 11.4. The number of carbonyl (C=O) groups excluding carboxylic acids is 1. The molecule has 1 heterocycles. The first-order chi connectivity index (χ1) is 9.75. The fourth-order valence-electron chi connectivity index (χ4n) is 1.74. The quantitative estimate of drug-likeness (QED) is 0.668. The first-order valence-corrected chi connectivity index (χ1v) is 6.54. The molecule has 1 N–H and O–H groups in total. The second-order valence-corrected chi connectivity index (χ2v) is 4.43. The molecule has 1 aromatic carbocycles. The van der Waals surface area contributed by atoms with Gasteiger partial charge in [-0.3, -0.25) is 9.78 Å². The normalized spacial score (nSPS) is 11.2. The number of rotatable bonds is 5. The number of hydrazone groups is 1. The zero-order chi connectivity index (χ0) is 14.2. The summed E-state index contributed by atoms with van der Waals surface area (Å²) >= 11 is 0. The minimum atomic E-state index is -0.0934. The predicted octanol–water partition coefficient (Wildman–Crippen LogP) is 2.55. The molecule has 4 heteroatoms. The van der Waals surface area contributed by atoms with Crippen molar-refractivity contribution in [1.29, 1.82) is 0 Å². The lowest BCUT2D eigenvalue weighted by Gasteiger charge is -2.02. The molecule has 0 radical (unpaired) electrons. The molecule has 102 valence electrons. The van der Waals surface area contributed by atoms with Crippen LogP contribution in [-0.4, -0.2) is 16.6 Å². The van der Waals surface area contributed by atoms with E-state index in [1.165, 1.54) is 0 Å². The largest absolute Gasteiger partial charge is 0.273 e. The third-order valence-corrected chi connectivity index (χ3v) is 2.87. The smallest absolute Gasteiger partial charge is 0.240 e. The molecule has 0 spiro atoms. The number of pyridine rings is 1. The second-order valence-electron chi connectivity index (χ2n) is 4.43. The number of benzene rings is 1. The van der Waals surface area contributed by atoms with Gasteiger partial charge in [-0.15, -0.1) is 0 Å². The van der Waals surface area contributed by atoms with Crippen LogP contribution in [0, 0.1) is 0 Å². The van der Waals surface area contributed by atoms with E-state index in [4.69, 9.17) is 0 Å². The summed E-state index contributed by atoms with van der Waals surface area (Å²) in [7, 11) is 0. The van der Waals surface area contributed by atoms with Gasteiger partial charge in [0.15, 0.2) is 0 Å². The van der Waals surface area contributed by atoms with Crippen LogP contribution in [-0.2, 0) is 11.2 Å². The number of nitrogens with one attached hydrogen (secondary N) is 1. The molecule has 0 aliphatic heterocycles. The van der Waals surface area contributed by atoms with Gasteiger partial charge in [0.25, 0.3) is 0 Å². The van der Waals surface area contributed by atoms with Gasteiger partial charge < -0.3 is 0 Å². The fourth-order valence-corrected chi connectivity index (χ4v) is 1.74. The summed E-state index contributed by atoms with van der Waals surface area (Å²) in [5.74, 6) is -0.0934. The summed E-state index contributed by atoms with van der Waals surface area (Å²) in [5, 5.41) is 4.06. The van der Waals surface area contributed by atoms with Crippen LogP contribution in [0.25, 0.3) is 0 Å². The third-order valence-electron chi connectivity index (χ3n) is 2.87. The van der Waals surface area contributed by atoms with E-state index in [2.05, 4.69) is 15.5 Å². The summed E-state index contributed by atoms with van der Waals surface area (Å²) in [6, 6.07) is 15.5. The summed E-state index contributed by atoms with van der Waals surface area (Å²) < 4.78 is 0. The number of carbonyl (C=O) groups is 1. The number of amides is 1. The molecule has 4 nitrogen and oxygen atoms in total. The molecular weight excluding hydrogens is 250 g/mol. The highest BCUT2D eigenvalue weighted by Gasteiger charge is 2.02. The van der Waals surface area contributed by atoms with Gasteiger partial charge in [-0.25, -0.2) is 5.43 Å². The molecule has 0 aliphatic carbocycles. The molecule has 0 unspecified atom stereocenters. The summed E-state index contributed by atoms with van der Waals surface area (Å²) in [5.41, 5.74) is 5.16. The van der Waals surface area contributed by atoms with Crippen molar-refractivity contribution < 1.29 is 4.79 Å². The second kappa shape index (κ2) is 7.19. The highest BCUT2D eigenvalue weighted by molar-refractivity contribution is 5.97. The van der Waals surface area contributed by atoms with Crippen molar-refractivity contribution >= 4 is 11.6 Å². The SMILES string of the molecule is CC(=NNC(=O)CCc1ccccc1)c1ccccn1. The van der Waals surface area contributed by atoms with Crippen LogP contribution in [0.15, 0.2) is 59.8 Å². The van der Waals surface area contributed by atoms with Gasteiger partial charge in [0, 0.05) is 12.6 Å². The van der Waals surface area contributed by atoms with Crippen molar-refractivity contribution in [3.8, 4) is 0 Å². The standard InChI is InChI=1S/C16H17N3O/c1-13(15-9-5-6-12-17-15)18-19-16(20)11-10-14-7-3-2-4-8-14/h2-9,12H,10-11H2,1H3,(H,19,20). The third kappa shape index (κ3) is 4.31. The topological polar surface area (TPSA) is 54.4 Å². The van der Waals surface area contributed by atoms with Crippen molar-refractivity contribution in [2.24, 2.45) is 5.10 Å². The zero-order valence-electron chi connectivity index (χ0n) is 11.4. The number of hydrogen-bond acceptors (Lipinski definition) is 3. The van der Waals surface area contributed by atoms with E-state index in [0.717, 1.165) is 11.3 Å². The average Bonchev–Trinajstić information content (AvgIpc) is 2.52. The Bertz CT molecular complexity index is 579. The van der Waals surface area contributed by atoms with E-state index >= 15 is 0 Å². The first kappa shape index (κ1) is 13.9. The van der Waals surface area contributed by atoms with Crippen molar-refractivity contribution in [3.05, 3.63) is 66.0 Å². The van der Waals surface area contributed by atoms with E-state index < -0.39 is 0 Å². The molecule has 1 aromatic heterocycles. The molecule has 0 saturated carbocycles. The molecule has 0 saturated heterocycles. The van der Waals surface area contributed by atoms with Crippen LogP contribution < -0.4 is 5.43 Å². The van der Waals surface area contributed by atoms with Crippen molar-refractivity contribution in [1.82, 2.24) is 10.4 Å². The van der Waals surface area contributed by atoms with Gasteiger partial charge >= 0.3 is 0 Å². The molecule has 0 atom stereocenters. The van der Waals surface area contributed by atoms with Gasteiger partial charge in [-0.05, 0) is 31.0 Å². The Labute approximate surface area is 118 Å². The monoisotopic (exact) mass is 267 g/mol. The molecule has 20 heavy (non-hydrogen) atoms. The highest BCUT2D eigenvalue weighted by Crippen LogP contribution is 2.02. The number of aryl methyl sites for hydroxylation is 1. The van der Waals surface area contributed by atoms with E-state index in [1.54, 1.807) is 6.20 Å². The lowest BCUT2D eigenvalue weighted by Crippen LogP contribution is -2.19. The Hall–Kier alpha value is -2.49. The maximum absolute atomic E-state index is 11.7. The van der Waals surface area contributed by atoms with Crippen molar-refractivity contribution in [2.45, 2.75) is 19.8 Å². The Morgan fingerprint density at radius 2 is 1.90 bits per heavy atom. The maximum atomic E-state index is 11.7. The summed E-state index contributed by atoms with van der Waals surface area (Å²) in [4.78, 5) is 15.9. The van der Waals surface area contributed by atoms with Crippen LogP contribution in [0.3, 0.4) is 0 Å². The van der Waals surface area contributed by atoms with Gasteiger partial charge in [-0.2, -0.15) is 5.10 Å². The Morgan fingerprint density at radius 1 is 1.15 bits per heavy atom. The van der Waals surface area contributed by atoms with E-state index in [1.807, 2.05) is 55.5 Å². The van der Waals surface area contributed by atoms with Crippen LogP contribution in [0.4, 0.5) is 0 Å². The van der Waals surface area contributed by atoms with E-state index in [0.29, 0.717) is 18.6 Å². The van der Waals surface area contributed by atoms with Crippen LogP contribution >= 0.6 is 0 Å². The minimum absolute atomic E-state index is 0.0934. The highest BCUT2D eigenvalue weighted by atomic mass is 16.2. The molecule has 0 aliphatic rings. The van der Waals surface area contributed by atoms with Crippen molar-refractivity contribution in [2.75, 3.05) is 0 Å². The van der Waals surface area contributed by atoms with Gasteiger partial charge in [0.1, 0.15) is 0 Å². The van der Waals surface area contributed by atoms with Gasteiger partial charge in [0.05, 0.1) is 11.4 Å². The first-order valence-electron chi connectivity index (χ1n) is 6.54. The van der Waals surface area contributed by atoms with Crippen LogP contribution in [0.1, 0.15) is 24.6 Å². The molecule has 2 aromatic rings. The minimum Gasteiger partial charge on any atom is -0.273 e. The van der Waals surface area contributed by atoms with Crippen molar-refractivity contribution in [3.63, 3.8) is 0 Å².